The quantitative estimate of drug-likeness (QED) is 0.692. The van der Waals surface area contributed by atoms with Crippen LogP contribution in [0.15, 0.2) is 35.7 Å². The van der Waals surface area contributed by atoms with Crippen LogP contribution in [0, 0.1) is 5.92 Å². The third kappa shape index (κ3) is 5.02. The average Bonchev–Trinajstić information content (AvgIpc) is 3.18. The first-order valence-corrected chi connectivity index (χ1v) is 11.4. The summed E-state index contributed by atoms with van der Waals surface area (Å²) in [5.74, 6) is 0.276. The molecule has 4 rings (SSSR count). The van der Waals surface area contributed by atoms with E-state index in [2.05, 4.69) is 5.32 Å². The molecule has 2 aromatic rings. The zero-order valence-corrected chi connectivity index (χ0v) is 18.4. The van der Waals surface area contributed by atoms with E-state index in [0.29, 0.717) is 18.0 Å². The van der Waals surface area contributed by atoms with Gasteiger partial charge in [0.05, 0.1) is 11.0 Å². The average molecular weight is 428 g/mol. The molecule has 2 fully saturated rings. The van der Waals surface area contributed by atoms with Gasteiger partial charge in [0.1, 0.15) is 0 Å². The van der Waals surface area contributed by atoms with Gasteiger partial charge in [-0.05, 0) is 60.9 Å². The number of rotatable bonds is 8. The third-order valence-electron chi connectivity index (χ3n) is 5.61. The van der Waals surface area contributed by atoms with Gasteiger partial charge in [-0.3, -0.25) is 9.59 Å². The monoisotopic (exact) mass is 427 g/mol. The lowest BCUT2D eigenvalue weighted by Gasteiger charge is -2.28. The van der Waals surface area contributed by atoms with E-state index < -0.39 is 0 Å². The number of benzene rings is 1. The molecule has 1 saturated heterocycles. The molecule has 30 heavy (non-hydrogen) atoms. The highest BCUT2D eigenvalue weighted by atomic mass is 32.1. The number of carbonyl (C=O) groups is 2. The lowest BCUT2D eigenvalue weighted by Crippen LogP contribution is -2.38. The third-order valence-corrected chi connectivity index (χ3v) is 6.48. The van der Waals surface area contributed by atoms with Gasteiger partial charge in [0, 0.05) is 51.1 Å². The fourth-order valence-electron chi connectivity index (χ4n) is 3.89. The molecule has 6 nitrogen and oxygen atoms in total. The molecule has 160 valence electrons. The molecule has 1 aromatic heterocycles. The molecule has 2 amide bonds. The fraction of sp³-hybridized carbons (Fsp3) is 0.478. The van der Waals surface area contributed by atoms with Crippen LogP contribution in [0.5, 0.6) is 0 Å². The summed E-state index contributed by atoms with van der Waals surface area (Å²) in [6, 6.07) is 9.59. The van der Waals surface area contributed by atoms with Gasteiger partial charge in [-0.1, -0.05) is 6.07 Å². The number of nitrogens with zero attached hydrogens (tertiary/aromatic N) is 2. The van der Waals surface area contributed by atoms with E-state index in [-0.39, 0.29) is 23.8 Å². The van der Waals surface area contributed by atoms with E-state index in [1.54, 1.807) is 0 Å². The van der Waals surface area contributed by atoms with Gasteiger partial charge in [-0.2, -0.15) is 0 Å². The zero-order valence-electron chi connectivity index (χ0n) is 17.6. The number of ether oxygens (including phenoxy) is 1. The highest BCUT2D eigenvalue weighted by molar-refractivity contribution is 7.12. The van der Waals surface area contributed by atoms with Gasteiger partial charge in [-0.15, -0.1) is 11.3 Å². The Morgan fingerprint density at radius 2 is 2.03 bits per heavy atom. The molecular weight excluding hydrogens is 398 g/mol. The minimum absolute atomic E-state index is 0.112. The standard InChI is InChI=1S/C23H29N3O3S/c1-25(2)20-10-9-18(24-22(27)21-6-4-12-30-21)13-17(20)14-26(23(28)16-7-8-16)15-19-5-3-11-29-19/h4,6,9-10,12-13,16,19H,3,5,7-8,11,14-15H2,1-2H3,(H,24,27)/t19-/m1/s1. The maximum absolute atomic E-state index is 13.0. The highest BCUT2D eigenvalue weighted by Gasteiger charge is 2.35. The van der Waals surface area contributed by atoms with E-state index in [1.165, 1.54) is 11.3 Å². The van der Waals surface area contributed by atoms with E-state index >= 15 is 0 Å². The largest absolute Gasteiger partial charge is 0.377 e. The van der Waals surface area contributed by atoms with Gasteiger partial charge in [-0.25, -0.2) is 0 Å². The van der Waals surface area contributed by atoms with Crippen LogP contribution in [0.3, 0.4) is 0 Å². The molecule has 2 aliphatic rings. The van der Waals surface area contributed by atoms with Gasteiger partial charge in [0.25, 0.3) is 5.91 Å². The van der Waals surface area contributed by atoms with E-state index in [9.17, 15) is 9.59 Å². The summed E-state index contributed by atoms with van der Waals surface area (Å²) in [6.07, 6.45) is 4.16. The predicted molar refractivity (Wildman–Crippen MR) is 120 cm³/mol. The number of thiophene rings is 1. The smallest absolute Gasteiger partial charge is 0.265 e. The fourth-order valence-corrected chi connectivity index (χ4v) is 4.51. The van der Waals surface area contributed by atoms with Gasteiger partial charge in [0.15, 0.2) is 0 Å². The lowest BCUT2D eigenvalue weighted by atomic mass is 10.1. The molecule has 0 radical (unpaired) electrons. The number of carbonyl (C=O) groups excluding carboxylic acids is 2. The molecule has 0 unspecified atom stereocenters. The number of hydrogen-bond donors (Lipinski definition) is 1. The van der Waals surface area contributed by atoms with Crippen molar-refractivity contribution in [3.63, 3.8) is 0 Å². The summed E-state index contributed by atoms with van der Waals surface area (Å²) < 4.78 is 5.81. The molecule has 0 spiro atoms. The summed E-state index contributed by atoms with van der Waals surface area (Å²) in [7, 11) is 3.99. The molecule has 1 atom stereocenters. The van der Waals surface area contributed by atoms with Crippen molar-refractivity contribution in [2.24, 2.45) is 5.92 Å². The maximum atomic E-state index is 13.0. The first-order chi connectivity index (χ1) is 14.5. The Kier molecular flexibility index (Phi) is 6.39. The van der Waals surface area contributed by atoms with E-state index in [0.717, 1.165) is 49.2 Å². The summed E-state index contributed by atoms with van der Waals surface area (Å²) in [5, 5.41) is 4.88. The summed E-state index contributed by atoms with van der Waals surface area (Å²) in [4.78, 5) is 30.1. The SMILES string of the molecule is CN(C)c1ccc(NC(=O)c2cccs2)cc1CN(C[C@H]1CCCO1)C(=O)C1CC1. The summed E-state index contributed by atoms with van der Waals surface area (Å²) in [5.41, 5.74) is 2.81. The molecule has 1 saturated carbocycles. The van der Waals surface area contributed by atoms with Crippen molar-refractivity contribution in [2.75, 3.05) is 37.5 Å². The minimum atomic E-state index is -0.112. The van der Waals surface area contributed by atoms with Crippen molar-refractivity contribution < 1.29 is 14.3 Å². The second-order valence-corrected chi connectivity index (χ2v) is 9.25. The molecule has 1 aliphatic heterocycles. The summed E-state index contributed by atoms with van der Waals surface area (Å²) >= 11 is 1.42. The second-order valence-electron chi connectivity index (χ2n) is 8.30. The van der Waals surface area contributed by atoms with Crippen LogP contribution in [0.4, 0.5) is 11.4 Å². The van der Waals surface area contributed by atoms with Crippen LogP contribution in [0.25, 0.3) is 0 Å². The second kappa shape index (κ2) is 9.18. The summed E-state index contributed by atoms with van der Waals surface area (Å²) in [6.45, 7) is 1.93. The Morgan fingerprint density at radius 3 is 2.67 bits per heavy atom. The Bertz CT molecular complexity index is 887. The van der Waals surface area contributed by atoms with Crippen LogP contribution in [-0.2, 0) is 16.1 Å². The van der Waals surface area contributed by atoms with Crippen LogP contribution in [0.1, 0.15) is 40.9 Å². The van der Waals surface area contributed by atoms with Crippen LogP contribution in [-0.4, -0.2) is 50.1 Å². The molecule has 2 heterocycles. The van der Waals surface area contributed by atoms with Crippen molar-refractivity contribution in [2.45, 2.75) is 38.3 Å². The van der Waals surface area contributed by atoms with Crippen LogP contribution < -0.4 is 10.2 Å². The number of amides is 2. The maximum Gasteiger partial charge on any atom is 0.265 e. The molecule has 7 heteroatoms. The Hall–Kier alpha value is -2.38. The van der Waals surface area contributed by atoms with Crippen LogP contribution in [0.2, 0.25) is 0 Å². The topological polar surface area (TPSA) is 61.9 Å². The van der Waals surface area contributed by atoms with Crippen LogP contribution >= 0.6 is 11.3 Å². The zero-order chi connectivity index (χ0) is 21.1. The van der Waals surface area contributed by atoms with Crippen molar-refractivity contribution >= 4 is 34.5 Å². The normalized spacial score (nSPS) is 18.3. The first-order valence-electron chi connectivity index (χ1n) is 10.6. The van der Waals surface area contributed by atoms with E-state index in [4.69, 9.17) is 4.74 Å². The number of anilines is 2. The van der Waals surface area contributed by atoms with Crippen molar-refractivity contribution in [3.8, 4) is 0 Å². The Labute approximate surface area is 181 Å². The Morgan fingerprint density at radius 1 is 1.20 bits per heavy atom. The van der Waals surface area contributed by atoms with Crippen molar-refractivity contribution in [3.05, 3.63) is 46.2 Å². The molecule has 1 aliphatic carbocycles. The lowest BCUT2D eigenvalue weighted by molar-refractivity contribution is -0.134. The minimum Gasteiger partial charge on any atom is -0.377 e. The predicted octanol–water partition coefficient (Wildman–Crippen LogP) is 3.98. The molecule has 1 N–H and O–H groups in total. The van der Waals surface area contributed by atoms with Gasteiger partial charge >= 0.3 is 0 Å². The Balaban J connectivity index is 1.55. The number of nitrogens with one attached hydrogen (secondary N) is 1. The van der Waals surface area contributed by atoms with E-state index in [1.807, 2.05) is 59.6 Å². The van der Waals surface area contributed by atoms with Crippen molar-refractivity contribution in [1.29, 1.82) is 0 Å². The van der Waals surface area contributed by atoms with Gasteiger partial charge in [0.2, 0.25) is 5.91 Å². The molecular formula is C23H29N3O3S. The van der Waals surface area contributed by atoms with Crippen molar-refractivity contribution in [1.82, 2.24) is 4.90 Å². The first kappa shape index (κ1) is 20.9. The number of hydrogen-bond acceptors (Lipinski definition) is 5. The molecule has 1 aromatic carbocycles. The molecule has 0 bridgehead atoms. The van der Waals surface area contributed by atoms with Gasteiger partial charge < -0.3 is 19.9 Å². The highest BCUT2D eigenvalue weighted by Crippen LogP contribution is 2.33.